The highest BCUT2D eigenvalue weighted by molar-refractivity contribution is 6.31. The summed E-state index contributed by atoms with van der Waals surface area (Å²) in [6.45, 7) is 3.07. The SMILES string of the molecule is CN1C[C@@H]2C(CCOc3cc4ncnc(Nc5ccc(F)c(Cl)c5)c4cc3N)[C@@H]2C1. The minimum absolute atomic E-state index is 0.0417. The first-order valence-electron chi connectivity index (χ1n) is 10.1. The molecular weight excluding hydrogens is 405 g/mol. The van der Waals surface area contributed by atoms with E-state index in [-0.39, 0.29) is 5.02 Å². The van der Waals surface area contributed by atoms with E-state index in [1.54, 1.807) is 12.1 Å². The second kappa shape index (κ2) is 7.56. The molecule has 0 radical (unpaired) electrons. The lowest BCUT2D eigenvalue weighted by atomic mass is 10.2. The first-order chi connectivity index (χ1) is 14.5. The van der Waals surface area contributed by atoms with Gasteiger partial charge in [0.05, 0.1) is 22.8 Å². The molecule has 1 aliphatic heterocycles. The number of nitrogens with two attached hydrogens (primary N) is 1. The van der Waals surface area contributed by atoms with Crippen molar-refractivity contribution < 1.29 is 9.13 Å². The van der Waals surface area contributed by atoms with Crippen molar-refractivity contribution >= 4 is 39.7 Å². The zero-order valence-electron chi connectivity index (χ0n) is 16.6. The van der Waals surface area contributed by atoms with Crippen molar-refractivity contribution in [1.82, 2.24) is 14.9 Å². The van der Waals surface area contributed by atoms with Gasteiger partial charge in [0.1, 0.15) is 23.7 Å². The molecule has 6 nitrogen and oxygen atoms in total. The zero-order valence-corrected chi connectivity index (χ0v) is 17.4. The highest BCUT2D eigenvalue weighted by Crippen LogP contribution is 2.53. The molecule has 0 spiro atoms. The highest BCUT2D eigenvalue weighted by atomic mass is 35.5. The molecule has 2 heterocycles. The Labute approximate surface area is 179 Å². The predicted molar refractivity (Wildman–Crippen MR) is 117 cm³/mol. The van der Waals surface area contributed by atoms with Crippen molar-refractivity contribution in [1.29, 1.82) is 0 Å². The monoisotopic (exact) mass is 427 g/mol. The van der Waals surface area contributed by atoms with E-state index in [1.165, 1.54) is 31.5 Å². The molecular formula is C22H23ClFN5O. The summed E-state index contributed by atoms with van der Waals surface area (Å²) >= 11 is 5.87. The third kappa shape index (κ3) is 3.63. The molecule has 2 aliphatic rings. The summed E-state index contributed by atoms with van der Waals surface area (Å²) in [6.07, 6.45) is 2.53. The highest BCUT2D eigenvalue weighted by Gasteiger charge is 2.53. The van der Waals surface area contributed by atoms with Crippen LogP contribution in [-0.4, -0.2) is 41.6 Å². The van der Waals surface area contributed by atoms with Crippen LogP contribution in [0.1, 0.15) is 6.42 Å². The molecule has 8 heteroatoms. The van der Waals surface area contributed by atoms with Crippen LogP contribution in [0.2, 0.25) is 5.02 Å². The van der Waals surface area contributed by atoms with Gasteiger partial charge in [0.25, 0.3) is 0 Å². The fourth-order valence-electron chi connectivity index (χ4n) is 4.63. The number of nitrogens with zero attached hydrogens (tertiary/aromatic N) is 3. The fourth-order valence-corrected chi connectivity index (χ4v) is 4.81. The first-order valence-corrected chi connectivity index (χ1v) is 10.4. The molecule has 156 valence electrons. The summed E-state index contributed by atoms with van der Waals surface area (Å²) in [7, 11) is 2.19. The Morgan fingerprint density at radius 3 is 2.80 bits per heavy atom. The van der Waals surface area contributed by atoms with Crippen LogP contribution in [0.3, 0.4) is 0 Å². The molecule has 1 unspecified atom stereocenters. The van der Waals surface area contributed by atoms with Crippen molar-refractivity contribution in [3.05, 3.63) is 47.5 Å². The maximum absolute atomic E-state index is 13.4. The lowest BCUT2D eigenvalue weighted by molar-refractivity contribution is 0.276. The molecule has 3 atom stereocenters. The van der Waals surface area contributed by atoms with Gasteiger partial charge in [0.15, 0.2) is 0 Å². The summed E-state index contributed by atoms with van der Waals surface area (Å²) in [4.78, 5) is 11.0. The molecule has 1 saturated heterocycles. The number of hydrogen-bond acceptors (Lipinski definition) is 6. The number of anilines is 3. The molecule has 0 amide bonds. The number of hydrogen-bond donors (Lipinski definition) is 2. The number of nitrogens with one attached hydrogen (secondary N) is 1. The summed E-state index contributed by atoms with van der Waals surface area (Å²) < 4.78 is 19.4. The summed E-state index contributed by atoms with van der Waals surface area (Å²) in [5, 5.41) is 3.95. The van der Waals surface area contributed by atoms with Crippen molar-refractivity contribution in [3.63, 3.8) is 0 Å². The average molecular weight is 428 g/mol. The quantitative estimate of drug-likeness (QED) is 0.570. The standard InChI is InChI=1S/C22H23ClFN5O/c1-29-9-15-13(16(15)10-29)4-5-30-21-8-20-14(7-19(21)25)22(27-11-26-20)28-12-2-3-18(24)17(23)6-12/h2-3,6-8,11,13,15-16H,4-5,9-10,25H2,1H3,(H,26,27,28)/t13?,15-,16+. The average Bonchev–Trinajstić information content (AvgIpc) is 3.17. The number of aromatic nitrogens is 2. The van der Waals surface area contributed by atoms with Gasteiger partial charge in [-0.25, -0.2) is 14.4 Å². The molecule has 1 saturated carbocycles. The van der Waals surface area contributed by atoms with Crippen LogP contribution in [0.15, 0.2) is 36.7 Å². The van der Waals surface area contributed by atoms with Gasteiger partial charge in [0.2, 0.25) is 0 Å². The first kappa shape index (κ1) is 19.3. The molecule has 2 aromatic carbocycles. The van der Waals surface area contributed by atoms with Crippen LogP contribution in [0, 0.1) is 23.6 Å². The number of nitrogen functional groups attached to an aromatic ring is 1. The molecule has 1 aromatic heterocycles. The number of benzene rings is 2. The van der Waals surface area contributed by atoms with Crippen LogP contribution < -0.4 is 15.8 Å². The summed E-state index contributed by atoms with van der Waals surface area (Å²) in [6, 6.07) is 8.06. The van der Waals surface area contributed by atoms with Crippen LogP contribution >= 0.6 is 11.6 Å². The van der Waals surface area contributed by atoms with E-state index in [1.807, 2.05) is 6.07 Å². The topological polar surface area (TPSA) is 76.3 Å². The smallest absolute Gasteiger partial charge is 0.144 e. The van der Waals surface area contributed by atoms with Gasteiger partial charge in [0, 0.05) is 30.2 Å². The van der Waals surface area contributed by atoms with Gasteiger partial charge >= 0.3 is 0 Å². The predicted octanol–water partition coefficient (Wildman–Crippen LogP) is 4.32. The summed E-state index contributed by atoms with van der Waals surface area (Å²) in [5.41, 5.74) is 8.13. The number of ether oxygens (including phenoxy) is 1. The largest absolute Gasteiger partial charge is 0.491 e. The Kier molecular flexibility index (Phi) is 4.87. The number of likely N-dealkylation sites (tertiary alicyclic amines) is 1. The minimum atomic E-state index is -0.470. The zero-order chi connectivity index (χ0) is 20.8. The van der Waals surface area contributed by atoms with Gasteiger partial charge in [-0.3, -0.25) is 0 Å². The van der Waals surface area contributed by atoms with Crippen molar-refractivity contribution in [2.75, 3.05) is 37.8 Å². The minimum Gasteiger partial charge on any atom is -0.491 e. The van der Waals surface area contributed by atoms with Crippen molar-refractivity contribution in [2.24, 2.45) is 17.8 Å². The van der Waals surface area contributed by atoms with E-state index in [0.717, 1.165) is 35.1 Å². The Balaban J connectivity index is 1.30. The Hall–Kier alpha value is -2.64. The fraction of sp³-hybridized carbons (Fsp3) is 0.364. The maximum atomic E-state index is 13.4. The van der Waals surface area contributed by atoms with Gasteiger partial charge in [-0.05, 0) is 55.5 Å². The van der Waals surface area contributed by atoms with E-state index in [0.29, 0.717) is 29.5 Å². The molecule has 2 fully saturated rings. The van der Waals surface area contributed by atoms with E-state index < -0.39 is 5.82 Å². The van der Waals surface area contributed by atoms with Gasteiger partial charge in [-0.2, -0.15) is 0 Å². The van der Waals surface area contributed by atoms with Crippen LogP contribution in [0.25, 0.3) is 10.9 Å². The van der Waals surface area contributed by atoms with Crippen LogP contribution in [-0.2, 0) is 0 Å². The van der Waals surface area contributed by atoms with Crippen molar-refractivity contribution in [2.45, 2.75) is 6.42 Å². The van der Waals surface area contributed by atoms with Crippen molar-refractivity contribution in [3.8, 4) is 5.75 Å². The Morgan fingerprint density at radius 2 is 2.03 bits per heavy atom. The molecule has 1 aliphatic carbocycles. The second-order valence-electron chi connectivity index (χ2n) is 8.23. The number of rotatable bonds is 6. The van der Waals surface area contributed by atoms with Gasteiger partial charge in [-0.1, -0.05) is 11.6 Å². The third-order valence-corrected chi connectivity index (χ3v) is 6.50. The Morgan fingerprint density at radius 1 is 1.23 bits per heavy atom. The number of piperidine rings is 1. The Bertz CT molecular complexity index is 1100. The number of fused-ring (bicyclic) bond motifs is 2. The molecule has 3 N–H and O–H groups in total. The molecule has 0 bridgehead atoms. The lowest BCUT2D eigenvalue weighted by Gasteiger charge is -2.14. The summed E-state index contributed by atoms with van der Waals surface area (Å²) in [5.74, 6) is 3.20. The third-order valence-electron chi connectivity index (χ3n) is 6.21. The van der Waals surface area contributed by atoms with Crippen LogP contribution in [0.5, 0.6) is 5.75 Å². The number of halogens is 2. The van der Waals surface area contributed by atoms with E-state index >= 15 is 0 Å². The van der Waals surface area contributed by atoms with Gasteiger partial charge in [-0.15, -0.1) is 0 Å². The van der Waals surface area contributed by atoms with E-state index in [9.17, 15) is 4.39 Å². The molecule has 30 heavy (non-hydrogen) atoms. The van der Waals surface area contributed by atoms with E-state index in [4.69, 9.17) is 22.1 Å². The maximum Gasteiger partial charge on any atom is 0.144 e. The van der Waals surface area contributed by atoms with Gasteiger partial charge < -0.3 is 20.7 Å². The molecule has 5 rings (SSSR count). The second-order valence-corrected chi connectivity index (χ2v) is 8.64. The van der Waals surface area contributed by atoms with E-state index in [2.05, 4.69) is 27.2 Å². The normalized spacial score (nSPS) is 22.8. The van der Waals surface area contributed by atoms with Crippen LogP contribution in [0.4, 0.5) is 21.6 Å². The lowest BCUT2D eigenvalue weighted by Crippen LogP contribution is -2.19. The molecule has 3 aromatic rings.